The van der Waals surface area contributed by atoms with Crippen molar-refractivity contribution < 1.29 is 0 Å². The minimum atomic E-state index is 0.690. The number of pyridine rings is 1. The molecule has 5 nitrogen and oxygen atoms in total. The molecule has 2 rings (SSSR count). The molecule has 0 radical (unpaired) electrons. The summed E-state index contributed by atoms with van der Waals surface area (Å²) < 4.78 is 0. The topological polar surface area (TPSA) is 76.7 Å². The summed E-state index contributed by atoms with van der Waals surface area (Å²) in [6.45, 7) is 4.07. The average Bonchev–Trinajstić information content (AvgIpc) is 2.43. The Bertz CT molecular complexity index is 544. The Labute approximate surface area is 117 Å². The van der Waals surface area contributed by atoms with Gasteiger partial charge in [0.15, 0.2) is 0 Å². The fourth-order valence-electron chi connectivity index (χ4n) is 1.63. The first kappa shape index (κ1) is 13.8. The summed E-state index contributed by atoms with van der Waals surface area (Å²) in [5.74, 6) is 7.03. The molecule has 0 saturated heterocycles. The summed E-state index contributed by atoms with van der Waals surface area (Å²) in [4.78, 5) is 14.1. The van der Waals surface area contributed by atoms with Gasteiger partial charge in [-0.1, -0.05) is 18.7 Å². The maximum atomic E-state index is 5.52. The molecule has 0 aliphatic heterocycles. The molecule has 0 saturated carbocycles. The number of nitrogen functional groups attached to an aromatic ring is 1. The molecule has 0 unspecified atom stereocenters. The Balaban J connectivity index is 2.35. The number of aryl methyl sites for hydroxylation is 1. The highest BCUT2D eigenvalue weighted by Crippen LogP contribution is 2.30. The van der Waals surface area contributed by atoms with Crippen molar-refractivity contribution in [3.05, 3.63) is 35.9 Å². The minimum Gasteiger partial charge on any atom is -0.308 e. The summed E-state index contributed by atoms with van der Waals surface area (Å²) in [6, 6.07) is 3.92. The molecule has 0 amide bonds. The average molecular weight is 275 g/mol. The van der Waals surface area contributed by atoms with E-state index < -0.39 is 0 Å². The van der Waals surface area contributed by atoms with E-state index in [9.17, 15) is 0 Å². The lowest BCUT2D eigenvalue weighted by Gasteiger charge is -2.11. The highest BCUT2D eigenvalue weighted by Gasteiger charge is 2.11. The highest BCUT2D eigenvalue weighted by atomic mass is 32.2. The monoisotopic (exact) mass is 275 g/mol. The van der Waals surface area contributed by atoms with Gasteiger partial charge in [-0.25, -0.2) is 15.8 Å². The molecular weight excluding hydrogens is 258 g/mol. The third-order valence-electron chi connectivity index (χ3n) is 2.62. The number of nitrogens with one attached hydrogen (secondary N) is 1. The molecule has 0 bridgehead atoms. The number of nitrogens with zero attached hydrogens (tertiary/aromatic N) is 3. The van der Waals surface area contributed by atoms with Gasteiger partial charge >= 0.3 is 0 Å². The lowest BCUT2D eigenvalue weighted by atomic mass is 10.3. The highest BCUT2D eigenvalue weighted by molar-refractivity contribution is 7.99. The molecule has 0 spiro atoms. The van der Waals surface area contributed by atoms with E-state index in [1.165, 1.54) is 0 Å². The van der Waals surface area contributed by atoms with Crippen LogP contribution >= 0.6 is 11.8 Å². The van der Waals surface area contributed by atoms with Gasteiger partial charge in [0.2, 0.25) is 0 Å². The Morgan fingerprint density at radius 3 is 2.63 bits per heavy atom. The smallest absolute Gasteiger partial charge is 0.147 e. The van der Waals surface area contributed by atoms with Crippen LogP contribution in [0.2, 0.25) is 0 Å². The molecule has 0 fully saturated rings. The summed E-state index contributed by atoms with van der Waals surface area (Å²) in [7, 11) is 0. The maximum Gasteiger partial charge on any atom is 0.147 e. The number of nitrogens with two attached hydrogens (primary N) is 1. The number of anilines is 1. The molecule has 0 aliphatic carbocycles. The summed E-state index contributed by atoms with van der Waals surface area (Å²) in [5.41, 5.74) is 3.61. The van der Waals surface area contributed by atoms with E-state index in [2.05, 4.69) is 27.3 Å². The van der Waals surface area contributed by atoms with Gasteiger partial charge in [0, 0.05) is 29.3 Å². The van der Waals surface area contributed by atoms with Crippen molar-refractivity contribution in [1.29, 1.82) is 0 Å². The van der Waals surface area contributed by atoms with Crippen LogP contribution < -0.4 is 11.3 Å². The lowest BCUT2D eigenvalue weighted by molar-refractivity contribution is 0.802. The first-order valence-corrected chi connectivity index (χ1v) is 6.98. The second-order valence-corrected chi connectivity index (χ2v) is 5.16. The number of rotatable bonds is 5. The van der Waals surface area contributed by atoms with Crippen molar-refractivity contribution in [1.82, 2.24) is 15.0 Å². The van der Waals surface area contributed by atoms with Crippen LogP contribution in [0.4, 0.5) is 5.82 Å². The number of hydrogen-bond donors (Lipinski definition) is 2. The molecule has 3 N–H and O–H groups in total. The van der Waals surface area contributed by atoms with E-state index >= 15 is 0 Å². The molecule has 0 atom stereocenters. The van der Waals surface area contributed by atoms with Crippen molar-refractivity contribution in [2.24, 2.45) is 5.84 Å². The van der Waals surface area contributed by atoms with Crippen molar-refractivity contribution in [3.63, 3.8) is 0 Å². The molecule has 2 aromatic heterocycles. The van der Waals surface area contributed by atoms with Gasteiger partial charge in [0.1, 0.15) is 16.7 Å². The zero-order valence-electron chi connectivity index (χ0n) is 11.1. The molecule has 0 aliphatic rings. The summed E-state index contributed by atoms with van der Waals surface area (Å²) in [5, 5.41) is 0.928. The van der Waals surface area contributed by atoms with Crippen LogP contribution in [-0.2, 0) is 6.42 Å². The number of hydrogen-bond acceptors (Lipinski definition) is 6. The molecule has 19 heavy (non-hydrogen) atoms. The SMILES string of the molecule is CCCc1nc(NN)c(C)c(Sc2ccncc2)n1. The second-order valence-electron chi connectivity index (χ2n) is 4.10. The van der Waals surface area contributed by atoms with Crippen molar-refractivity contribution in [2.75, 3.05) is 5.43 Å². The molecule has 2 heterocycles. The zero-order chi connectivity index (χ0) is 13.7. The predicted molar refractivity (Wildman–Crippen MR) is 76.9 cm³/mol. The first-order chi connectivity index (χ1) is 9.24. The number of hydrazine groups is 1. The van der Waals surface area contributed by atoms with Gasteiger partial charge in [-0.3, -0.25) is 4.98 Å². The van der Waals surface area contributed by atoms with Crippen LogP contribution in [0.15, 0.2) is 34.4 Å². The van der Waals surface area contributed by atoms with Crippen molar-refractivity contribution >= 4 is 17.6 Å². The van der Waals surface area contributed by atoms with Gasteiger partial charge in [-0.05, 0) is 25.5 Å². The lowest BCUT2D eigenvalue weighted by Crippen LogP contribution is -2.13. The van der Waals surface area contributed by atoms with Gasteiger partial charge in [0.05, 0.1) is 0 Å². The van der Waals surface area contributed by atoms with Gasteiger partial charge in [-0.15, -0.1) is 0 Å². The fraction of sp³-hybridized carbons (Fsp3) is 0.308. The predicted octanol–water partition coefficient (Wildman–Crippen LogP) is 2.57. The van der Waals surface area contributed by atoms with Gasteiger partial charge in [-0.2, -0.15) is 0 Å². The molecule has 2 aromatic rings. The third-order valence-corrected chi connectivity index (χ3v) is 3.72. The van der Waals surface area contributed by atoms with E-state index in [4.69, 9.17) is 5.84 Å². The van der Waals surface area contributed by atoms with Crippen LogP contribution in [0.25, 0.3) is 0 Å². The Morgan fingerprint density at radius 2 is 2.00 bits per heavy atom. The van der Waals surface area contributed by atoms with E-state index in [0.717, 1.165) is 34.2 Å². The zero-order valence-corrected chi connectivity index (χ0v) is 11.9. The van der Waals surface area contributed by atoms with Crippen molar-refractivity contribution in [3.8, 4) is 0 Å². The Morgan fingerprint density at radius 1 is 1.26 bits per heavy atom. The van der Waals surface area contributed by atoms with Crippen LogP contribution in [-0.4, -0.2) is 15.0 Å². The molecule has 100 valence electrons. The summed E-state index contributed by atoms with van der Waals surface area (Å²) >= 11 is 1.60. The van der Waals surface area contributed by atoms with E-state index in [1.54, 1.807) is 24.2 Å². The van der Waals surface area contributed by atoms with E-state index in [1.807, 2.05) is 19.1 Å². The molecule has 6 heteroatoms. The molecule has 0 aromatic carbocycles. The van der Waals surface area contributed by atoms with Crippen molar-refractivity contribution in [2.45, 2.75) is 36.6 Å². The quantitative estimate of drug-likeness (QED) is 0.496. The largest absolute Gasteiger partial charge is 0.308 e. The Kier molecular flexibility index (Phi) is 4.70. The van der Waals surface area contributed by atoms with Crippen LogP contribution in [0.5, 0.6) is 0 Å². The minimum absolute atomic E-state index is 0.690. The first-order valence-electron chi connectivity index (χ1n) is 6.16. The van der Waals surface area contributed by atoms with Crippen LogP contribution in [0, 0.1) is 6.92 Å². The normalized spacial score (nSPS) is 10.5. The van der Waals surface area contributed by atoms with E-state index in [0.29, 0.717) is 5.82 Å². The standard InChI is InChI=1S/C13H17N5S/c1-3-4-11-16-12(18-14)9(2)13(17-11)19-10-5-7-15-8-6-10/h5-8H,3-4,14H2,1-2H3,(H,16,17,18). The fourth-order valence-corrected chi connectivity index (χ4v) is 2.52. The van der Waals surface area contributed by atoms with Crippen LogP contribution in [0.3, 0.4) is 0 Å². The number of aromatic nitrogens is 3. The van der Waals surface area contributed by atoms with Gasteiger partial charge in [0.25, 0.3) is 0 Å². The second kappa shape index (κ2) is 6.49. The molecular formula is C13H17N5S. The Hall–Kier alpha value is -1.66. The van der Waals surface area contributed by atoms with E-state index in [-0.39, 0.29) is 0 Å². The maximum absolute atomic E-state index is 5.52. The third kappa shape index (κ3) is 3.42. The van der Waals surface area contributed by atoms with Crippen LogP contribution in [0.1, 0.15) is 24.7 Å². The summed E-state index contributed by atoms with van der Waals surface area (Å²) in [6.07, 6.45) is 5.40. The van der Waals surface area contributed by atoms with Gasteiger partial charge < -0.3 is 5.43 Å².